The van der Waals surface area contributed by atoms with Crippen molar-refractivity contribution in [2.75, 3.05) is 13.2 Å². The summed E-state index contributed by atoms with van der Waals surface area (Å²) in [4.78, 5) is 46.4. The van der Waals surface area contributed by atoms with Gasteiger partial charge >= 0.3 is 23.9 Å². The summed E-state index contributed by atoms with van der Waals surface area (Å²) in [7, 11) is 0. The molecular formula is C18H12Cl2O8. The van der Waals surface area contributed by atoms with Gasteiger partial charge in [0.15, 0.2) is 0 Å². The highest BCUT2D eigenvalue weighted by molar-refractivity contribution is 6.31. The largest absolute Gasteiger partial charge is 0.478 e. The first kappa shape index (κ1) is 21.2. The van der Waals surface area contributed by atoms with Gasteiger partial charge in [-0.3, -0.25) is 0 Å². The fourth-order valence-electron chi connectivity index (χ4n) is 2.17. The number of rotatable bonds is 7. The molecule has 0 radical (unpaired) electrons. The van der Waals surface area contributed by atoms with E-state index in [9.17, 15) is 19.2 Å². The highest BCUT2D eigenvalue weighted by Gasteiger charge is 2.20. The number of halogens is 2. The van der Waals surface area contributed by atoms with Gasteiger partial charge in [-0.15, -0.1) is 0 Å². The van der Waals surface area contributed by atoms with Crippen molar-refractivity contribution >= 4 is 47.1 Å². The van der Waals surface area contributed by atoms with E-state index < -0.39 is 23.9 Å². The predicted octanol–water partition coefficient (Wildman–Crippen LogP) is 3.40. The number of carboxylic acids is 2. The van der Waals surface area contributed by atoms with E-state index in [-0.39, 0.29) is 45.5 Å². The lowest BCUT2D eigenvalue weighted by molar-refractivity contribution is 0.0262. The van der Waals surface area contributed by atoms with Crippen molar-refractivity contribution in [3.63, 3.8) is 0 Å². The number of hydrogen-bond acceptors (Lipinski definition) is 6. The second kappa shape index (κ2) is 9.20. The molecule has 0 saturated carbocycles. The Hall–Kier alpha value is -3.10. The van der Waals surface area contributed by atoms with Gasteiger partial charge in [0.1, 0.15) is 13.2 Å². The molecule has 0 unspecified atom stereocenters. The average molecular weight is 427 g/mol. The second-order valence-electron chi connectivity index (χ2n) is 5.26. The molecule has 8 nitrogen and oxygen atoms in total. The van der Waals surface area contributed by atoms with E-state index in [1.54, 1.807) is 0 Å². The zero-order valence-corrected chi connectivity index (χ0v) is 15.5. The van der Waals surface area contributed by atoms with Crippen LogP contribution in [0.3, 0.4) is 0 Å². The summed E-state index contributed by atoms with van der Waals surface area (Å²) in [6.07, 6.45) is 0. The lowest BCUT2D eigenvalue weighted by atomic mass is 10.1. The molecule has 0 amide bonds. The molecule has 2 N–H and O–H groups in total. The van der Waals surface area contributed by atoms with E-state index in [0.29, 0.717) is 0 Å². The minimum atomic E-state index is -1.36. The topological polar surface area (TPSA) is 127 Å². The SMILES string of the molecule is O=C(O)c1cc(Cl)ccc1C(=O)OCCOC(=O)c1ccc(Cl)cc1C(=O)O. The van der Waals surface area contributed by atoms with Crippen LogP contribution in [0.15, 0.2) is 36.4 Å². The molecule has 2 aromatic rings. The molecule has 28 heavy (non-hydrogen) atoms. The molecule has 0 heterocycles. The van der Waals surface area contributed by atoms with Crippen molar-refractivity contribution in [3.8, 4) is 0 Å². The Labute approximate surface area is 168 Å². The van der Waals surface area contributed by atoms with Crippen molar-refractivity contribution in [1.29, 1.82) is 0 Å². The zero-order chi connectivity index (χ0) is 20.8. The summed E-state index contributed by atoms with van der Waals surface area (Å²) in [6, 6.07) is 7.28. The third-order valence-electron chi connectivity index (χ3n) is 3.41. The van der Waals surface area contributed by atoms with Crippen molar-refractivity contribution in [2.24, 2.45) is 0 Å². The number of carboxylic acid groups (broad SMARTS) is 2. The van der Waals surface area contributed by atoms with Crippen LogP contribution < -0.4 is 0 Å². The van der Waals surface area contributed by atoms with Gasteiger partial charge in [-0.25, -0.2) is 19.2 Å². The van der Waals surface area contributed by atoms with Crippen molar-refractivity contribution in [1.82, 2.24) is 0 Å². The van der Waals surface area contributed by atoms with Crippen LogP contribution in [0.5, 0.6) is 0 Å². The molecule has 2 rings (SSSR count). The standard InChI is InChI=1S/C18H12Cl2O8/c19-9-1-3-11(13(7-9)15(21)22)17(25)27-5-6-28-18(26)12-4-2-10(20)8-14(12)16(23)24/h1-4,7-8H,5-6H2,(H,21,22)(H,23,24). The molecule has 0 aliphatic carbocycles. The summed E-state index contributed by atoms with van der Waals surface area (Å²) in [5.41, 5.74) is -1.09. The molecule has 0 aliphatic heterocycles. The molecule has 0 fully saturated rings. The summed E-state index contributed by atoms with van der Waals surface area (Å²) < 4.78 is 9.76. The Kier molecular flexibility index (Phi) is 6.97. The van der Waals surface area contributed by atoms with Crippen LogP contribution in [0.1, 0.15) is 41.4 Å². The van der Waals surface area contributed by atoms with Crippen molar-refractivity contribution in [3.05, 3.63) is 68.7 Å². The van der Waals surface area contributed by atoms with Gasteiger partial charge in [0.05, 0.1) is 22.3 Å². The fraction of sp³-hybridized carbons (Fsp3) is 0.111. The zero-order valence-electron chi connectivity index (χ0n) is 14.0. The Balaban J connectivity index is 1.97. The van der Waals surface area contributed by atoms with Crippen LogP contribution in [-0.2, 0) is 9.47 Å². The summed E-state index contributed by atoms with van der Waals surface area (Å²) in [6.45, 7) is -0.746. The first-order chi connectivity index (χ1) is 13.2. The molecule has 10 heteroatoms. The molecule has 0 spiro atoms. The van der Waals surface area contributed by atoms with Gasteiger partial charge in [-0.05, 0) is 36.4 Å². The number of hydrogen-bond donors (Lipinski definition) is 2. The van der Waals surface area contributed by atoms with Crippen LogP contribution >= 0.6 is 23.2 Å². The van der Waals surface area contributed by atoms with Crippen molar-refractivity contribution in [2.45, 2.75) is 0 Å². The monoisotopic (exact) mass is 426 g/mol. The van der Waals surface area contributed by atoms with Gasteiger partial charge in [0.25, 0.3) is 0 Å². The Morgan fingerprint density at radius 3 is 1.36 bits per heavy atom. The number of esters is 2. The first-order valence-corrected chi connectivity index (χ1v) is 8.36. The molecular weight excluding hydrogens is 415 g/mol. The molecule has 146 valence electrons. The number of carbonyl (C=O) groups excluding carboxylic acids is 2. The van der Waals surface area contributed by atoms with Crippen LogP contribution in [0.25, 0.3) is 0 Å². The average Bonchev–Trinajstić information content (AvgIpc) is 2.64. The van der Waals surface area contributed by atoms with E-state index in [2.05, 4.69) is 0 Å². The van der Waals surface area contributed by atoms with E-state index in [0.717, 1.165) is 12.1 Å². The van der Waals surface area contributed by atoms with Crippen molar-refractivity contribution < 1.29 is 38.9 Å². The minimum absolute atomic E-state index is 0.139. The van der Waals surface area contributed by atoms with Crippen LogP contribution in [0, 0.1) is 0 Å². The molecule has 0 aromatic heterocycles. The van der Waals surface area contributed by atoms with E-state index in [1.165, 1.54) is 24.3 Å². The number of carbonyl (C=O) groups is 4. The maximum atomic E-state index is 12.0. The third kappa shape index (κ3) is 5.21. The summed E-state index contributed by atoms with van der Waals surface area (Å²) in [5, 5.41) is 18.5. The lowest BCUT2D eigenvalue weighted by Gasteiger charge is -2.09. The number of benzene rings is 2. The third-order valence-corrected chi connectivity index (χ3v) is 3.88. The van der Waals surface area contributed by atoms with E-state index >= 15 is 0 Å². The summed E-state index contributed by atoms with van der Waals surface area (Å²) >= 11 is 11.4. The Morgan fingerprint density at radius 2 is 1.04 bits per heavy atom. The lowest BCUT2D eigenvalue weighted by Crippen LogP contribution is -2.17. The Bertz CT molecular complexity index is 877. The quantitative estimate of drug-likeness (QED) is 0.509. The number of aromatic carboxylic acids is 2. The van der Waals surface area contributed by atoms with Gasteiger partial charge in [0, 0.05) is 10.0 Å². The minimum Gasteiger partial charge on any atom is -0.478 e. The maximum Gasteiger partial charge on any atom is 0.339 e. The van der Waals surface area contributed by atoms with E-state index in [4.69, 9.17) is 42.9 Å². The van der Waals surface area contributed by atoms with Crippen LogP contribution in [0.4, 0.5) is 0 Å². The summed E-state index contributed by atoms with van der Waals surface area (Å²) in [5.74, 6) is -4.60. The molecule has 0 bridgehead atoms. The molecule has 0 atom stereocenters. The molecule has 2 aromatic carbocycles. The fourth-order valence-corrected chi connectivity index (χ4v) is 2.51. The van der Waals surface area contributed by atoms with Crippen LogP contribution in [0.2, 0.25) is 10.0 Å². The normalized spacial score (nSPS) is 10.2. The second-order valence-corrected chi connectivity index (χ2v) is 6.13. The Morgan fingerprint density at radius 1 is 0.679 bits per heavy atom. The smallest absolute Gasteiger partial charge is 0.339 e. The molecule has 0 aliphatic rings. The number of ether oxygens (including phenoxy) is 2. The van der Waals surface area contributed by atoms with Gasteiger partial charge in [0.2, 0.25) is 0 Å². The van der Waals surface area contributed by atoms with E-state index in [1.807, 2.05) is 0 Å². The highest BCUT2D eigenvalue weighted by Crippen LogP contribution is 2.18. The van der Waals surface area contributed by atoms with Gasteiger partial charge in [-0.2, -0.15) is 0 Å². The predicted molar refractivity (Wildman–Crippen MR) is 97.4 cm³/mol. The first-order valence-electron chi connectivity index (χ1n) is 7.60. The van der Waals surface area contributed by atoms with Gasteiger partial charge < -0.3 is 19.7 Å². The van der Waals surface area contributed by atoms with Crippen LogP contribution in [-0.4, -0.2) is 47.3 Å². The molecule has 0 saturated heterocycles. The maximum absolute atomic E-state index is 12.0. The van der Waals surface area contributed by atoms with Gasteiger partial charge in [-0.1, -0.05) is 23.2 Å². The highest BCUT2D eigenvalue weighted by atomic mass is 35.5.